The molecule has 0 aromatic heterocycles. The molecule has 0 bridgehead atoms. The van der Waals surface area contributed by atoms with Crippen molar-refractivity contribution in [3.8, 4) is 5.75 Å². The molecule has 0 heterocycles. The summed E-state index contributed by atoms with van der Waals surface area (Å²) in [6.07, 6.45) is 4.14. The summed E-state index contributed by atoms with van der Waals surface area (Å²) in [5.41, 5.74) is 6.77. The molecule has 1 rings (SSSR count). The Morgan fingerprint density at radius 3 is 2.45 bits per heavy atom. The minimum atomic E-state index is -0.572. The fourth-order valence-electron chi connectivity index (χ4n) is 1.91. The molecule has 0 aliphatic carbocycles. The Morgan fingerprint density at radius 1 is 1.15 bits per heavy atom. The standard InChI is InChI=1S/C15H24N2O3/c16-14(11-12-5-7-13(19)8-6-12)15(20)17-9-3-1-2-4-10-18/h5-8,14,18-19H,1-4,9-11,16H2,(H,17,20)/t14-/m0/s1. The molecule has 0 unspecified atom stereocenters. The van der Waals surface area contributed by atoms with Gasteiger partial charge in [-0.15, -0.1) is 0 Å². The predicted molar refractivity (Wildman–Crippen MR) is 78.3 cm³/mol. The van der Waals surface area contributed by atoms with Crippen molar-refractivity contribution in [2.24, 2.45) is 5.73 Å². The Morgan fingerprint density at radius 2 is 1.80 bits per heavy atom. The lowest BCUT2D eigenvalue weighted by Crippen LogP contribution is -2.42. The minimum Gasteiger partial charge on any atom is -0.508 e. The number of aliphatic hydroxyl groups excluding tert-OH is 1. The van der Waals surface area contributed by atoms with E-state index in [0.29, 0.717) is 13.0 Å². The van der Waals surface area contributed by atoms with E-state index >= 15 is 0 Å². The van der Waals surface area contributed by atoms with Gasteiger partial charge in [0.2, 0.25) is 5.91 Å². The summed E-state index contributed by atoms with van der Waals surface area (Å²) in [5.74, 6) is 0.0508. The van der Waals surface area contributed by atoms with Gasteiger partial charge in [0.1, 0.15) is 5.75 Å². The van der Waals surface area contributed by atoms with Crippen LogP contribution in [0.25, 0.3) is 0 Å². The summed E-state index contributed by atoms with van der Waals surface area (Å²) >= 11 is 0. The number of rotatable bonds is 9. The first-order chi connectivity index (χ1) is 9.63. The Kier molecular flexibility index (Phi) is 7.69. The van der Waals surface area contributed by atoms with Gasteiger partial charge in [0.25, 0.3) is 0 Å². The van der Waals surface area contributed by atoms with E-state index in [4.69, 9.17) is 10.8 Å². The van der Waals surface area contributed by atoms with Gasteiger partial charge in [0, 0.05) is 13.2 Å². The maximum atomic E-state index is 11.8. The third-order valence-corrected chi connectivity index (χ3v) is 3.11. The minimum absolute atomic E-state index is 0.153. The number of aliphatic hydroxyl groups is 1. The second-order valence-electron chi connectivity index (χ2n) is 4.91. The summed E-state index contributed by atoms with van der Waals surface area (Å²) in [6.45, 7) is 0.845. The molecule has 1 amide bonds. The van der Waals surface area contributed by atoms with Crippen molar-refractivity contribution in [3.05, 3.63) is 29.8 Å². The molecule has 5 heteroatoms. The normalized spacial score (nSPS) is 12.1. The average molecular weight is 280 g/mol. The molecule has 1 atom stereocenters. The lowest BCUT2D eigenvalue weighted by atomic mass is 10.1. The van der Waals surface area contributed by atoms with Crippen LogP contribution in [0.2, 0.25) is 0 Å². The van der Waals surface area contributed by atoms with Crippen LogP contribution in [0, 0.1) is 0 Å². The molecule has 1 aromatic carbocycles. The zero-order chi connectivity index (χ0) is 14.8. The van der Waals surface area contributed by atoms with Crippen molar-refractivity contribution in [1.29, 1.82) is 0 Å². The summed E-state index contributed by atoms with van der Waals surface area (Å²) in [4.78, 5) is 11.8. The number of amides is 1. The van der Waals surface area contributed by atoms with E-state index in [9.17, 15) is 9.90 Å². The molecule has 0 radical (unpaired) electrons. The number of hydrogen-bond acceptors (Lipinski definition) is 4. The summed E-state index contributed by atoms with van der Waals surface area (Å²) in [5, 5.41) is 20.6. The second kappa shape index (κ2) is 9.34. The van der Waals surface area contributed by atoms with Gasteiger partial charge in [0.15, 0.2) is 0 Å². The molecular formula is C15H24N2O3. The van der Waals surface area contributed by atoms with Gasteiger partial charge in [-0.3, -0.25) is 4.79 Å². The number of nitrogens with two attached hydrogens (primary N) is 1. The van der Waals surface area contributed by atoms with Crippen LogP contribution in [-0.2, 0) is 11.2 Å². The number of unbranched alkanes of at least 4 members (excludes halogenated alkanes) is 3. The highest BCUT2D eigenvalue weighted by Crippen LogP contribution is 2.10. The molecule has 0 aliphatic rings. The number of hydrogen-bond donors (Lipinski definition) is 4. The first-order valence-corrected chi connectivity index (χ1v) is 7.05. The number of carbonyl (C=O) groups is 1. The molecular weight excluding hydrogens is 256 g/mol. The smallest absolute Gasteiger partial charge is 0.237 e. The molecule has 0 saturated heterocycles. The molecule has 5 N–H and O–H groups in total. The third-order valence-electron chi connectivity index (χ3n) is 3.11. The van der Waals surface area contributed by atoms with Gasteiger partial charge < -0.3 is 21.3 Å². The van der Waals surface area contributed by atoms with Crippen molar-refractivity contribution in [1.82, 2.24) is 5.32 Å². The van der Waals surface area contributed by atoms with E-state index in [1.165, 1.54) is 0 Å². The average Bonchev–Trinajstić information content (AvgIpc) is 2.45. The van der Waals surface area contributed by atoms with E-state index in [1.54, 1.807) is 24.3 Å². The van der Waals surface area contributed by atoms with Gasteiger partial charge >= 0.3 is 0 Å². The highest BCUT2D eigenvalue weighted by Gasteiger charge is 2.13. The molecule has 112 valence electrons. The van der Waals surface area contributed by atoms with Crippen molar-refractivity contribution >= 4 is 5.91 Å². The van der Waals surface area contributed by atoms with Gasteiger partial charge in [-0.05, 0) is 37.0 Å². The number of phenolic OH excluding ortho intramolecular Hbond substituents is 1. The van der Waals surface area contributed by atoms with Crippen molar-refractivity contribution in [3.63, 3.8) is 0 Å². The van der Waals surface area contributed by atoms with Gasteiger partial charge in [-0.25, -0.2) is 0 Å². The third kappa shape index (κ3) is 6.54. The van der Waals surface area contributed by atoms with E-state index < -0.39 is 6.04 Å². The van der Waals surface area contributed by atoms with E-state index in [2.05, 4.69) is 5.32 Å². The highest BCUT2D eigenvalue weighted by molar-refractivity contribution is 5.81. The Labute approximate surface area is 119 Å². The van der Waals surface area contributed by atoms with Crippen LogP contribution in [0.3, 0.4) is 0 Å². The van der Waals surface area contributed by atoms with Crippen LogP contribution < -0.4 is 11.1 Å². The lowest BCUT2D eigenvalue weighted by Gasteiger charge is -2.12. The molecule has 0 fully saturated rings. The lowest BCUT2D eigenvalue weighted by molar-refractivity contribution is -0.122. The maximum absolute atomic E-state index is 11.8. The number of phenols is 1. The van der Waals surface area contributed by atoms with Crippen LogP contribution in [0.15, 0.2) is 24.3 Å². The fourth-order valence-corrected chi connectivity index (χ4v) is 1.91. The largest absolute Gasteiger partial charge is 0.508 e. The van der Waals surface area contributed by atoms with Gasteiger partial charge in [0.05, 0.1) is 6.04 Å². The summed E-state index contributed by atoms with van der Waals surface area (Å²) < 4.78 is 0. The van der Waals surface area contributed by atoms with Crippen LogP contribution in [-0.4, -0.2) is 35.3 Å². The second-order valence-corrected chi connectivity index (χ2v) is 4.91. The fraction of sp³-hybridized carbons (Fsp3) is 0.533. The van der Waals surface area contributed by atoms with Crippen LogP contribution in [0.5, 0.6) is 5.75 Å². The number of aromatic hydroxyl groups is 1. The molecule has 0 aliphatic heterocycles. The van der Waals surface area contributed by atoms with Gasteiger partial charge in [-0.2, -0.15) is 0 Å². The van der Waals surface area contributed by atoms with E-state index in [0.717, 1.165) is 31.2 Å². The monoisotopic (exact) mass is 280 g/mol. The first-order valence-electron chi connectivity index (χ1n) is 7.05. The summed E-state index contributed by atoms with van der Waals surface area (Å²) in [6, 6.07) is 6.12. The van der Waals surface area contributed by atoms with Crippen molar-refractivity contribution in [2.45, 2.75) is 38.1 Å². The zero-order valence-corrected chi connectivity index (χ0v) is 11.7. The first kappa shape index (κ1) is 16.5. The zero-order valence-electron chi connectivity index (χ0n) is 11.7. The van der Waals surface area contributed by atoms with Crippen LogP contribution in [0.4, 0.5) is 0 Å². The molecule has 5 nitrogen and oxygen atoms in total. The Bertz CT molecular complexity index is 393. The van der Waals surface area contributed by atoms with E-state index in [1.807, 2.05) is 0 Å². The summed E-state index contributed by atoms with van der Waals surface area (Å²) in [7, 11) is 0. The van der Waals surface area contributed by atoms with Crippen molar-refractivity contribution < 1.29 is 15.0 Å². The topological polar surface area (TPSA) is 95.6 Å². The van der Waals surface area contributed by atoms with Gasteiger partial charge in [-0.1, -0.05) is 25.0 Å². The Balaban J connectivity index is 2.20. The number of carbonyl (C=O) groups excluding carboxylic acids is 1. The number of benzene rings is 1. The number of nitrogens with one attached hydrogen (secondary N) is 1. The molecule has 20 heavy (non-hydrogen) atoms. The quantitative estimate of drug-likeness (QED) is 0.506. The van der Waals surface area contributed by atoms with Crippen LogP contribution >= 0.6 is 0 Å². The van der Waals surface area contributed by atoms with E-state index in [-0.39, 0.29) is 18.3 Å². The maximum Gasteiger partial charge on any atom is 0.237 e. The molecule has 1 aromatic rings. The SMILES string of the molecule is N[C@@H](Cc1ccc(O)cc1)C(=O)NCCCCCCO. The molecule has 0 spiro atoms. The molecule has 0 saturated carbocycles. The predicted octanol–water partition coefficient (Wildman–Crippen LogP) is 0.931. The van der Waals surface area contributed by atoms with Crippen molar-refractivity contribution in [2.75, 3.05) is 13.2 Å². The highest BCUT2D eigenvalue weighted by atomic mass is 16.3. The van der Waals surface area contributed by atoms with Crippen LogP contribution in [0.1, 0.15) is 31.2 Å². The Hall–Kier alpha value is -1.59.